The number of likely N-dealkylation sites (N-methyl/N-ethyl adjacent to an activating group) is 1. The maximum absolute atomic E-state index is 15.1. The van der Waals surface area contributed by atoms with Crippen molar-refractivity contribution in [3.8, 4) is 22.6 Å². The highest BCUT2D eigenvalue weighted by Crippen LogP contribution is 2.48. The number of fused-ring (bicyclic) bond motifs is 1. The molecule has 12 heteroatoms. The highest BCUT2D eigenvalue weighted by Gasteiger charge is 2.48. The normalized spacial score (nSPS) is 18.2. The van der Waals surface area contributed by atoms with E-state index in [1.54, 1.807) is 23.5 Å². The number of halogens is 3. The Morgan fingerprint density at radius 2 is 1.87 bits per heavy atom. The Hall–Kier alpha value is -3.93. The lowest BCUT2D eigenvalue weighted by atomic mass is 9.81. The number of aromatic nitrogens is 4. The minimum absolute atomic E-state index is 0.0668. The molecule has 2 fully saturated rings. The van der Waals surface area contributed by atoms with E-state index >= 15 is 4.39 Å². The van der Waals surface area contributed by atoms with E-state index in [4.69, 9.17) is 10.3 Å². The molecule has 38 heavy (non-hydrogen) atoms. The molecule has 1 saturated carbocycles. The Kier molecular flexibility index (Phi) is 5.67. The molecule has 2 N–H and O–H groups in total. The summed E-state index contributed by atoms with van der Waals surface area (Å²) in [5.41, 5.74) is 8.47. The van der Waals surface area contributed by atoms with E-state index in [0.717, 1.165) is 31.9 Å². The molecule has 1 saturated heterocycles. The van der Waals surface area contributed by atoms with Crippen LogP contribution in [-0.2, 0) is 0 Å². The number of amides is 1. The van der Waals surface area contributed by atoms with Gasteiger partial charge in [-0.05, 0) is 43.8 Å². The fourth-order valence-electron chi connectivity index (χ4n) is 5.12. The summed E-state index contributed by atoms with van der Waals surface area (Å²) in [6.45, 7) is 5.10. The summed E-state index contributed by atoms with van der Waals surface area (Å²) >= 11 is 0. The van der Waals surface area contributed by atoms with Crippen molar-refractivity contribution >= 4 is 17.2 Å². The summed E-state index contributed by atoms with van der Waals surface area (Å²) in [5, 5.41) is 3.89. The summed E-state index contributed by atoms with van der Waals surface area (Å²) in [5.74, 6) is -4.38. The third-order valence-corrected chi connectivity index (χ3v) is 7.44. The number of imidazole rings is 1. The third-order valence-electron chi connectivity index (χ3n) is 7.44. The molecule has 4 heterocycles. The molecule has 0 spiro atoms. The summed E-state index contributed by atoms with van der Waals surface area (Å²) in [6.07, 6.45) is 1.11. The SMILES string of the molecule is Cc1c(F)cc(-c2noc(C3CC(F)(F)C3)n2)cc1-c1nc2ccc(N3CCN(C)CC3)cn2c1C(N)=O. The van der Waals surface area contributed by atoms with Crippen molar-refractivity contribution in [3.63, 3.8) is 0 Å². The van der Waals surface area contributed by atoms with E-state index in [-0.39, 0.29) is 47.1 Å². The van der Waals surface area contributed by atoms with Crippen LogP contribution in [0.15, 0.2) is 35.0 Å². The van der Waals surface area contributed by atoms with Crippen LogP contribution in [0.2, 0.25) is 0 Å². The number of hydrogen-bond acceptors (Lipinski definition) is 7. The number of piperazine rings is 1. The maximum atomic E-state index is 15.1. The number of carbonyl (C=O) groups excluding carboxylic acids is 1. The molecular formula is C26H26F3N7O2. The average Bonchev–Trinajstić information content (AvgIpc) is 3.49. The van der Waals surface area contributed by atoms with Crippen molar-refractivity contribution in [1.82, 2.24) is 24.4 Å². The third kappa shape index (κ3) is 4.18. The van der Waals surface area contributed by atoms with Gasteiger partial charge in [-0.2, -0.15) is 4.98 Å². The second-order valence-electron chi connectivity index (χ2n) is 10.1. The van der Waals surface area contributed by atoms with E-state index in [1.807, 2.05) is 12.3 Å². The number of nitrogens with zero attached hydrogens (tertiary/aromatic N) is 6. The van der Waals surface area contributed by atoms with Crippen molar-refractivity contribution in [3.05, 3.63) is 53.4 Å². The molecule has 6 rings (SSSR count). The van der Waals surface area contributed by atoms with Gasteiger partial charge in [0.25, 0.3) is 5.91 Å². The molecular weight excluding hydrogens is 499 g/mol. The molecule has 1 amide bonds. The van der Waals surface area contributed by atoms with Crippen LogP contribution in [0.4, 0.5) is 18.9 Å². The first kappa shape index (κ1) is 24.4. The average molecular weight is 526 g/mol. The van der Waals surface area contributed by atoms with Crippen LogP contribution in [0.5, 0.6) is 0 Å². The number of anilines is 1. The minimum atomic E-state index is -2.74. The van der Waals surface area contributed by atoms with Gasteiger partial charge in [-0.1, -0.05) is 5.16 Å². The number of primary amides is 1. The van der Waals surface area contributed by atoms with Crippen LogP contribution in [-0.4, -0.2) is 69.5 Å². The summed E-state index contributed by atoms with van der Waals surface area (Å²) in [4.78, 5) is 26.0. The number of nitrogens with two attached hydrogens (primary N) is 1. The van der Waals surface area contributed by atoms with E-state index in [0.29, 0.717) is 11.2 Å². The zero-order valence-electron chi connectivity index (χ0n) is 20.9. The lowest BCUT2D eigenvalue weighted by Crippen LogP contribution is -2.44. The van der Waals surface area contributed by atoms with Gasteiger partial charge in [-0.3, -0.25) is 9.20 Å². The molecule has 3 aromatic heterocycles. The molecule has 9 nitrogen and oxygen atoms in total. The van der Waals surface area contributed by atoms with Gasteiger partial charge in [0.2, 0.25) is 17.6 Å². The van der Waals surface area contributed by atoms with Crippen LogP contribution in [0.1, 0.15) is 40.7 Å². The summed E-state index contributed by atoms with van der Waals surface area (Å²) in [6, 6.07) is 6.60. The number of hydrogen-bond donors (Lipinski definition) is 1. The fraction of sp³-hybridized carbons (Fsp3) is 0.385. The van der Waals surface area contributed by atoms with E-state index in [2.05, 4.69) is 32.0 Å². The number of carbonyl (C=O) groups is 1. The standard InChI is InChI=1S/C26H26F3N7O2/c1-14-18(9-15(10-19(14)27)24-32-25(38-33-24)16-11-26(28,29)12-16)21-22(23(30)37)36-13-17(3-4-20(36)31-21)35-7-5-34(2)6-8-35/h3-4,9-10,13,16H,5-8,11-12H2,1-2H3,(H2,30,37). The highest BCUT2D eigenvalue weighted by molar-refractivity contribution is 5.99. The van der Waals surface area contributed by atoms with Gasteiger partial charge >= 0.3 is 0 Å². The van der Waals surface area contributed by atoms with Gasteiger partial charge in [0.1, 0.15) is 22.9 Å². The Bertz CT molecular complexity index is 1550. The lowest BCUT2D eigenvalue weighted by Gasteiger charge is -2.34. The largest absolute Gasteiger partial charge is 0.368 e. The van der Waals surface area contributed by atoms with E-state index in [1.165, 1.54) is 6.07 Å². The lowest BCUT2D eigenvalue weighted by molar-refractivity contribution is -0.0925. The first-order valence-corrected chi connectivity index (χ1v) is 12.4. The Morgan fingerprint density at radius 3 is 2.55 bits per heavy atom. The molecule has 198 valence electrons. The number of rotatable bonds is 5. The Labute approximate surface area is 216 Å². The topological polar surface area (TPSA) is 106 Å². The predicted octanol–water partition coefficient (Wildman–Crippen LogP) is 3.86. The molecule has 4 aromatic rings. The number of alkyl halides is 2. The van der Waals surface area contributed by atoms with Gasteiger partial charge in [0.05, 0.1) is 5.69 Å². The van der Waals surface area contributed by atoms with Crippen LogP contribution >= 0.6 is 0 Å². The van der Waals surface area contributed by atoms with Crippen LogP contribution in [0.25, 0.3) is 28.3 Å². The smallest absolute Gasteiger partial charge is 0.268 e. The second-order valence-corrected chi connectivity index (χ2v) is 10.1. The number of benzene rings is 1. The zero-order valence-corrected chi connectivity index (χ0v) is 20.9. The van der Waals surface area contributed by atoms with Gasteiger partial charge in [-0.25, -0.2) is 18.2 Å². The molecule has 2 aliphatic rings. The minimum Gasteiger partial charge on any atom is -0.368 e. The van der Waals surface area contributed by atoms with E-state index < -0.39 is 23.6 Å². The van der Waals surface area contributed by atoms with Crippen molar-refractivity contribution in [1.29, 1.82) is 0 Å². The van der Waals surface area contributed by atoms with Crippen LogP contribution < -0.4 is 10.6 Å². The first-order chi connectivity index (χ1) is 18.1. The van der Waals surface area contributed by atoms with Gasteiger partial charge in [-0.15, -0.1) is 0 Å². The quantitative estimate of drug-likeness (QED) is 0.422. The van der Waals surface area contributed by atoms with Crippen molar-refractivity contribution in [2.75, 3.05) is 38.1 Å². The Balaban J connectivity index is 1.41. The molecule has 1 aliphatic heterocycles. The molecule has 0 radical (unpaired) electrons. The number of pyridine rings is 1. The molecule has 0 bridgehead atoms. The Morgan fingerprint density at radius 1 is 1.13 bits per heavy atom. The monoisotopic (exact) mass is 525 g/mol. The van der Waals surface area contributed by atoms with Crippen LogP contribution in [0, 0.1) is 12.7 Å². The maximum Gasteiger partial charge on any atom is 0.268 e. The van der Waals surface area contributed by atoms with Crippen LogP contribution in [0.3, 0.4) is 0 Å². The fourth-order valence-corrected chi connectivity index (χ4v) is 5.12. The molecule has 0 atom stereocenters. The van der Waals surface area contributed by atoms with E-state index in [9.17, 15) is 13.6 Å². The first-order valence-electron chi connectivity index (χ1n) is 12.4. The van der Waals surface area contributed by atoms with Crippen molar-refractivity contribution in [2.45, 2.75) is 31.6 Å². The molecule has 0 unspecified atom stereocenters. The summed E-state index contributed by atoms with van der Waals surface area (Å²) in [7, 11) is 2.07. The predicted molar refractivity (Wildman–Crippen MR) is 134 cm³/mol. The summed E-state index contributed by atoms with van der Waals surface area (Å²) < 4.78 is 48.6. The van der Waals surface area contributed by atoms with Crippen molar-refractivity contribution in [2.24, 2.45) is 5.73 Å². The van der Waals surface area contributed by atoms with Crippen molar-refractivity contribution < 1.29 is 22.5 Å². The highest BCUT2D eigenvalue weighted by atomic mass is 19.3. The molecule has 1 aliphatic carbocycles. The van der Waals surface area contributed by atoms with Gasteiger partial charge < -0.3 is 20.1 Å². The molecule has 1 aromatic carbocycles. The second kappa shape index (κ2) is 8.83. The zero-order chi connectivity index (χ0) is 26.8. The van der Waals surface area contributed by atoms with Gasteiger partial charge in [0.15, 0.2) is 0 Å². The van der Waals surface area contributed by atoms with Gasteiger partial charge in [0, 0.05) is 62.3 Å².